The molecule has 4 rings (SSSR count). The first-order chi connectivity index (χ1) is 19.1. The molecule has 0 spiro atoms. The van der Waals surface area contributed by atoms with Gasteiger partial charge >= 0.3 is 11.7 Å². The zero-order valence-corrected chi connectivity index (χ0v) is 24.7. The van der Waals surface area contributed by atoms with Gasteiger partial charge in [0.2, 0.25) is 5.91 Å². The molecule has 6 N–H and O–H groups in total. The summed E-state index contributed by atoms with van der Waals surface area (Å²) in [7, 11) is 0. The number of carbonyl (C=O) groups is 2. The van der Waals surface area contributed by atoms with Crippen LogP contribution in [-0.2, 0) is 11.2 Å². The van der Waals surface area contributed by atoms with E-state index in [1.807, 2.05) is 12.1 Å². The van der Waals surface area contributed by atoms with Gasteiger partial charge in [0.25, 0.3) is 0 Å². The summed E-state index contributed by atoms with van der Waals surface area (Å²) in [6.45, 7) is 7.39. The van der Waals surface area contributed by atoms with Gasteiger partial charge in [-0.3, -0.25) is 14.7 Å². The second-order valence-electron chi connectivity index (χ2n) is 11.1. The fourth-order valence-electron chi connectivity index (χ4n) is 5.19. The van der Waals surface area contributed by atoms with Crippen LogP contribution < -0.4 is 22.5 Å². The summed E-state index contributed by atoms with van der Waals surface area (Å²) in [6, 6.07) is 7.47. The maximum absolute atomic E-state index is 12.8. The fourth-order valence-corrected chi connectivity index (χ4v) is 5.19. The molecule has 1 aromatic heterocycles. The van der Waals surface area contributed by atoms with Crippen LogP contribution in [-0.4, -0.2) is 105 Å². The molecule has 3 heterocycles. The highest BCUT2D eigenvalue weighted by Crippen LogP contribution is 2.17. The number of aliphatic hydroxyl groups is 1. The zero-order valence-electron chi connectivity index (χ0n) is 23.9. The molecule has 13 heteroatoms. The Balaban J connectivity index is 0.00000462. The summed E-state index contributed by atoms with van der Waals surface area (Å²) in [5.41, 5.74) is 13.2. The summed E-state index contributed by atoms with van der Waals surface area (Å²) in [6.07, 6.45) is 5.82. The molecule has 3 amide bonds. The van der Waals surface area contributed by atoms with Crippen molar-refractivity contribution in [1.82, 2.24) is 24.3 Å². The summed E-state index contributed by atoms with van der Waals surface area (Å²) in [4.78, 5) is 47.6. The predicted molar refractivity (Wildman–Crippen MR) is 161 cm³/mol. The molecular weight excluding hydrogens is 548 g/mol. The van der Waals surface area contributed by atoms with Crippen molar-refractivity contribution in [3.05, 3.63) is 52.1 Å². The lowest BCUT2D eigenvalue weighted by molar-refractivity contribution is -0.139. The fraction of sp³-hybridized carbons (Fsp3) is 0.571. The van der Waals surface area contributed by atoms with Gasteiger partial charge in [-0.05, 0) is 81.9 Å². The largest absolute Gasteiger partial charge is 0.394 e. The summed E-state index contributed by atoms with van der Waals surface area (Å²) < 4.78 is 1.46. The lowest BCUT2D eigenvalue weighted by Gasteiger charge is -2.37. The van der Waals surface area contributed by atoms with Crippen LogP contribution in [0.4, 0.5) is 10.6 Å². The van der Waals surface area contributed by atoms with Gasteiger partial charge in [-0.25, -0.2) is 9.59 Å². The monoisotopic (exact) mass is 590 g/mol. The predicted octanol–water partition coefficient (Wildman–Crippen LogP) is 0.704. The number of likely N-dealkylation sites (tertiary alicyclic amines) is 1. The minimum absolute atomic E-state index is 0. The summed E-state index contributed by atoms with van der Waals surface area (Å²) in [5.74, 6) is -0.198. The Kier molecular flexibility index (Phi) is 11.3. The Morgan fingerprint density at radius 1 is 1.10 bits per heavy atom. The van der Waals surface area contributed by atoms with Crippen LogP contribution in [0.5, 0.6) is 0 Å². The summed E-state index contributed by atoms with van der Waals surface area (Å²) in [5, 5.41) is 12.0. The van der Waals surface area contributed by atoms with E-state index in [9.17, 15) is 19.5 Å². The Hall–Kier alpha value is -3.03. The van der Waals surface area contributed by atoms with Gasteiger partial charge in [-0.1, -0.05) is 6.07 Å². The van der Waals surface area contributed by atoms with Gasteiger partial charge in [0.15, 0.2) is 0 Å². The molecule has 0 radical (unpaired) electrons. The lowest BCUT2D eigenvalue weighted by atomic mass is 10.0. The molecule has 41 heavy (non-hydrogen) atoms. The number of piperazine rings is 1. The molecule has 1 aromatic carbocycles. The van der Waals surface area contributed by atoms with Gasteiger partial charge < -0.3 is 31.3 Å². The number of aliphatic hydroxyl groups excluding tert-OH is 1. The molecule has 2 unspecified atom stereocenters. The zero-order chi connectivity index (χ0) is 28.9. The van der Waals surface area contributed by atoms with E-state index in [1.165, 1.54) is 22.0 Å². The third-order valence-corrected chi connectivity index (χ3v) is 7.88. The van der Waals surface area contributed by atoms with E-state index in [4.69, 9.17) is 11.5 Å². The number of rotatable bonds is 7. The van der Waals surface area contributed by atoms with Crippen molar-refractivity contribution >= 4 is 30.2 Å². The first-order valence-corrected chi connectivity index (χ1v) is 14.0. The number of anilines is 1. The van der Waals surface area contributed by atoms with Gasteiger partial charge in [0.05, 0.1) is 12.3 Å². The topological polar surface area (TPSA) is 163 Å². The van der Waals surface area contributed by atoms with Crippen LogP contribution >= 0.6 is 12.4 Å². The minimum atomic E-state index is -1.35. The molecule has 2 fully saturated rings. The highest BCUT2D eigenvalue weighted by molar-refractivity contribution is 5.89. The molecule has 226 valence electrons. The van der Waals surface area contributed by atoms with Crippen molar-refractivity contribution in [2.75, 3.05) is 57.7 Å². The Bertz CT molecular complexity index is 1260. The van der Waals surface area contributed by atoms with Crippen molar-refractivity contribution in [3.8, 4) is 5.69 Å². The van der Waals surface area contributed by atoms with Gasteiger partial charge in [0, 0.05) is 45.0 Å². The standard InChI is InChI=1S/C28H42N8O4.ClH/c1-20-18-23(6-5-21(20)7-11-33-10-3-4-22(29)8-12-33)36-13-9-24(32-27(36)40)31-26(39)35-16-14-34(15-17-35)25(38)28(2,30)19-37;/h5-6,9,13,18,22,37H,3-4,7-8,10-12,14-17,19,29-30H2,1-2H3,(H,31,32,39,40);1H. The molecule has 2 atom stereocenters. The normalized spacial score (nSPS) is 19.6. The van der Waals surface area contributed by atoms with E-state index in [2.05, 4.69) is 28.2 Å². The molecule has 2 aliphatic heterocycles. The number of carbonyl (C=O) groups excluding carboxylic acids is 2. The van der Waals surface area contributed by atoms with E-state index in [0.29, 0.717) is 37.9 Å². The van der Waals surface area contributed by atoms with E-state index in [1.54, 1.807) is 17.2 Å². The van der Waals surface area contributed by atoms with Gasteiger partial charge in [0.1, 0.15) is 11.4 Å². The van der Waals surface area contributed by atoms with Crippen molar-refractivity contribution in [2.45, 2.75) is 51.1 Å². The average molecular weight is 591 g/mol. The second kappa shape index (κ2) is 14.2. The molecule has 2 aromatic rings. The van der Waals surface area contributed by atoms with Crippen LogP contribution in [0.3, 0.4) is 0 Å². The Morgan fingerprint density at radius 3 is 2.46 bits per heavy atom. The van der Waals surface area contributed by atoms with Crippen LogP contribution in [0, 0.1) is 6.92 Å². The minimum Gasteiger partial charge on any atom is -0.394 e. The number of hydrogen-bond acceptors (Lipinski definition) is 8. The maximum Gasteiger partial charge on any atom is 0.354 e. The lowest BCUT2D eigenvalue weighted by Crippen LogP contribution is -2.60. The molecular formula is C28H43ClN8O4. The molecule has 0 aliphatic carbocycles. The van der Waals surface area contributed by atoms with E-state index >= 15 is 0 Å². The molecule has 2 saturated heterocycles. The third-order valence-electron chi connectivity index (χ3n) is 7.88. The number of nitrogens with two attached hydrogens (primary N) is 2. The van der Waals surface area contributed by atoms with Crippen molar-refractivity contribution in [1.29, 1.82) is 0 Å². The highest BCUT2D eigenvalue weighted by Gasteiger charge is 2.34. The second-order valence-corrected chi connectivity index (χ2v) is 11.1. The number of nitrogens with zero attached hydrogens (tertiary/aromatic N) is 5. The SMILES string of the molecule is Cc1cc(-n2ccc(NC(=O)N3CCN(C(=O)C(C)(N)CO)CC3)nc2=O)ccc1CCN1CCCC(N)CC1.Cl. The quantitative estimate of drug-likeness (QED) is 0.366. The molecule has 2 aliphatic rings. The number of nitrogens with one attached hydrogen (secondary N) is 1. The van der Waals surface area contributed by atoms with Crippen molar-refractivity contribution in [2.24, 2.45) is 11.5 Å². The van der Waals surface area contributed by atoms with Crippen molar-refractivity contribution in [3.63, 3.8) is 0 Å². The first kappa shape index (κ1) is 32.5. The summed E-state index contributed by atoms with van der Waals surface area (Å²) >= 11 is 0. The number of hydrogen-bond donors (Lipinski definition) is 4. The van der Waals surface area contributed by atoms with Crippen molar-refractivity contribution < 1.29 is 14.7 Å². The average Bonchev–Trinajstić information content (AvgIpc) is 3.15. The van der Waals surface area contributed by atoms with Gasteiger partial charge in [-0.2, -0.15) is 4.98 Å². The van der Waals surface area contributed by atoms with Gasteiger partial charge in [-0.15, -0.1) is 12.4 Å². The first-order valence-electron chi connectivity index (χ1n) is 14.0. The highest BCUT2D eigenvalue weighted by atomic mass is 35.5. The molecule has 0 bridgehead atoms. The van der Waals surface area contributed by atoms with E-state index in [-0.39, 0.29) is 24.1 Å². The van der Waals surface area contributed by atoms with E-state index < -0.39 is 23.9 Å². The maximum atomic E-state index is 12.8. The number of aromatic nitrogens is 2. The molecule has 0 saturated carbocycles. The Labute approximate surface area is 247 Å². The number of aryl methyl sites for hydroxylation is 1. The smallest absolute Gasteiger partial charge is 0.354 e. The van der Waals surface area contributed by atoms with E-state index in [0.717, 1.165) is 50.9 Å². The number of benzene rings is 1. The number of amides is 3. The number of urea groups is 1. The number of halogens is 1. The Morgan fingerprint density at radius 2 is 1.80 bits per heavy atom. The van der Waals surface area contributed by atoms with Crippen LogP contribution in [0.25, 0.3) is 5.69 Å². The van der Waals surface area contributed by atoms with Crippen LogP contribution in [0.2, 0.25) is 0 Å². The van der Waals surface area contributed by atoms with Crippen LogP contribution in [0.1, 0.15) is 37.3 Å². The third kappa shape index (κ3) is 8.26. The van der Waals surface area contributed by atoms with Crippen LogP contribution in [0.15, 0.2) is 35.3 Å². The molecule has 12 nitrogen and oxygen atoms in total.